The fourth-order valence-electron chi connectivity index (χ4n) is 3.63. The number of halogens is 1. The number of rotatable bonds is 4. The maximum Gasteiger partial charge on any atom is 0.237 e. The van der Waals surface area contributed by atoms with E-state index in [2.05, 4.69) is 74.7 Å². The summed E-state index contributed by atoms with van der Waals surface area (Å²) in [4.78, 5) is 19.3. The largest absolute Gasteiger partial charge is 0.385 e. The zero-order valence-corrected chi connectivity index (χ0v) is 19.0. The quantitative estimate of drug-likeness (QED) is 0.758. The minimum atomic E-state index is 0.167. The molecule has 2 aromatic rings. The van der Waals surface area contributed by atoms with Gasteiger partial charge in [-0.2, -0.15) is 0 Å². The Morgan fingerprint density at radius 2 is 1.90 bits per heavy atom. The number of likely N-dealkylation sites (N-methyl/N-ethyl adjacent to an activating group) is 1. The number of hydrogen-bond donors (Lipinski definition) is 1. The molecular weight excluding hydrogens is 428 g/mol. The Morgan fingerprint density at radius 3 is 2.66 bits per heavy atom. The van der Waals surface area contributed by atoms with E-state index >= 15 is 0 Å². The molecule has 0 saturated heterocycles. The van der Waals surface area contributed by atoms with Crippen LogP contribution in [0.15, 0.2) is 53.0 Å². The van der Waals surface area contributed by atoms with E-state index in [1.807, 2.05) is 23.9 Å². The Morgan fingerprint density at radius 1 is 1.10 bits per heavy atom. The molecule has 0 unspecified atom stereocenters. The van der Waals surface area contributed by atoms with Gasteiger partial charge in [0.15, 0.2) is 0 Å². The summed E-state index contributed by atoms with van der Waals surface area (Å²) in [6.07, 6.45) is 1.06. The van der Waals surface area contributed by atoms with Crippen LogP contribution in [0.1, 0.15) is 17.5 Å². The molecule has 2 aromatic carbocycles. The highest BCUT2D eigenvalue weighted by molar-refractivity contribution is 9.10. The molecule has 5 nitrogen and oxygen atoms in total. The predicted molar refractivity (Wildman–Crippen MR) is 123 cm³/mol. The summed E-state index contributed by atoms with van der Waals surface area (Å²) < 4.78 is 1.04. The van der Waals surface area contributed by atoms with Crippen LogP contribution in [0.25, 0.3) is 0 Å². The van der Waals surface area contributed by atoms with Crippen molar-refractivity contribution in [1.29, 1.82) is 0 Å². The van der Waals surface area contributed by atoms with Gasteiger partial charge in [-0.1, -0.05) is 46.3 Å². The lowest BCUT2D eigenvalue weighted by Gasteiger charge is -2.28. The number of hydrogen-bond acceptors (Lipinski definition) is 4. The molecule has 29 heavy (non-hydrogen) atoms. The Balaban J connectivity index is 1.79. The number of nitrogens with one attached hydrogen (secondary N) is 1. The lowest BCUT2D eigenvalue weighted by atomic mass is 10.1. The number of carbonyl (C=O) groups excluding carboxylic acids is 1. The maximum atomic E-state index is 13.0. The smallest absolute Gasteiger partial charge is 0.237 e. The van der Waals surface area contributed by atoms with Crippen molar-refractivity contribution < 1.29 is 4.79 Å². The van der Waals surface area contributed by atoms with E-state index < -0.39 is 0 Å². The third-order valence-electron chi connectivity index (χ3n) is 5.13. The minimum absolute atomic E-state index is 0.167. The van der Waals surface area contributed by atoms with Crippen molar-refractivity contribution in [2.24, 2.45) is 0 Å². The Hall–Kier alpha value is -1.89. The van der Waals surface area contributed by atoms with Gasteiger partial charge >= 0.3 is 0 Å². The van der Waals surface area contributed by atoms with Crippen molar-refractivity contribution >= 4 is 27.5 Å². The first kappa shape index (κ1) is 21.8. The van der Waals surface area contributed by atoms with Gasteiger partial charge in [0.25, 0.3) is 0 Å². The minimum Gasteiger partial charge on any atom is -0.385 e. The molecule has 156 valence electrons. The number of fused-ring (bicyclic) bond motifs is 1. The fraction of sp³-hybridized carbons (Fsp3) is 0.435. The van der Waals surface area contributed by atoms with Gasteiger partial charge in [-0.05, 0) is 49.8 Å². The monoisotopic (exact) mass is 458 g/mol. The molecule has 0 fully saturated rings. The number of carbonyl (C=O) groups is 1. The van der Waals surface area contributed by atoms with E-state index in [-0.39, 0.29) is 5.91 Å². The van der Waals surface area contributed by atoms with Gasteiger partial charge in [-0.3, -0.25) is 9.69 Å². The molecule has 0 atom stereocenters. The molecule has 1 N–H and O–H groups in total. The van der Waals surface area contributed by atoms with Crippen LogP contribution in [0, 0.1) is 0 Å². The first-order valence-corrected chi connectivity index (χ1v) is 11.0. The molecule has 1 heterocycles. The molecule has 0 saturated carbocycles. The fourth-order valence-corrected chi connectivity index (χ4v) is 4.04. The molecule has 0 bridgehead atoms. The van der Waals surface area contributed by atoms with Crippen molar-refractivity contribution in [2.45, 2.75) is 19.5 Å². The number of anilines is 1. The van der Waals surface area contributed by atoms with Gasteiger partial charge < -0.3 is 15.1 Å². The maximum absolute atomic E-state index is 13.0. The van der Waals surface area contributed by atoms with Gasteiger partial charge in [-0.15, -0.1) is 0 Å². The van der Waals surface area contributed by atoms with E-state index in [1.165, 1.54) is 5.56 Å². The topological polar surface area (TPSA) is 38.8 Å². The first-order chi connectivity index (χ1) is 14.0. The van der Waals surface area contributed by atoms with Crippen LogP contribution in [0.4, 0.5) is 5.69 Å². The summed E-state index contributed by atoms with van der Waals surface area (Å²) in [5.41, 5.74) is 3.59. The average molecular weight is 459 g/mol. The molecule has 0 spiro atoms. The Kier molecular flexibility index (Phi) is 8.09. The highest BCUT2D eigenvalue weighted by Crippen LogP contribution is 2.23. The van der Waals surface area contributed by atoms with Crippen molar-refractivity contribution in [3.05, 3.63) is 64.1 Å². The molecule has 3 rings (SSSR count). The van der Waals surface area contributed by atoms with Gasteiger partial charge in [0.1, 0.15) is 0 Å². The predicted octanol–water partition coefficient (Wildman–Crippen LogP) is 3.66. The van der Waals surface area contributed by atoms with Crippen LogP contribution in [0.5, 0.6) is 0 Å². The Bertz CT molecular complexity index is 797. The van der Waals surface area contributed by atoms with Gasteiger partial charge in [0.2, 0.25) is 5.91 Å². The van der Waals surface area contributed by atoms with E-state index in [0.717, 1.165) is 54.9 Å². The van der Waals surface area contributed by atoms with Crippen LogP contribution in [-0.4, -0.2) is 67.4 Å². The number of amides is 1. The second-order valence-electron chi connectivity index (χ2n) is 7.90. The van der Waals surface area contributed by atoms with Crippen LogP contribution in [0.3, 0.4) is 0 Å². The highest BCUT2D eigenvalue weighted by Gasteiger charge is 2.19. The zero-order valence-electron chi connectivity index (χ0n) is 17.4. The SMILES string of the molecule is CN(C)CC(=O)N1CCN(Cc2ccccc2)CCCNc2ccc(Br)cc2C1. The van der Waals surface area contributed by atoms with Crippen LogP contribution in [0.2, 0.25) is 0 Å². The summed E-state index contributed by atoms with van der Waals surface area (Å²) in [7, 11) is 3.89. The van der Waals surface area contributed by atoms with Gasteiger partial charge in [-0.25, -0.2) is 0 Å². The summed E-state index contributed by atoms with van der Waals surface area (Å²) in [5.74, 6) is 0.167. The molecule has 0 aliphatic carbocycles. The van der Waals surface area contributed by atoms with Gasteiger partial charge in [0.05, 0.1) is 6.54 Å². The normalized spacial score (nSPS) is 16.1. The third-order valence-corrected chi connectivity index (χ3v) is 5.63. The molecule has 1 aliphatic heterocycles. The van der Waals surface area contributed by atoms with Crippen molar-refractivity contribution in [3.63, 3.8) is 0 Å². The lowest BCUT2D eigenvalue weighted by molar-refractivity contribution is -0.132. The van der Waals surface area contributed by atoms with Gasteiger partial charge in [0, 0.05) is 49.4 Å². The van der Waals surface area contributed by atoms with Crippen LogP contribution >= 0.6 is 15.9 Å². The second kappa shape index (κ2) is 10.8. The molecule has 6 heteroatoms. The molecule has 0 aromatic heterocycles. The van der Waals surface area contributed by atoms with E-state index in [9.17, 15) is 4.79 Å². The van der Waals surface area contributed by atoms with Crippen molar-refractivity contribution in [1.82, 2.24) is 14.7 Å². The van der Waals surface area contributed by atoms with Crippen LogP contribution < -0.4 is 5.32 Å². The standard InChI is InChI=1S/C23H31BrN4O/c1-26(2)18-23(29)28-14-13-27(16-19-7-4-3-5-8-19)12-6-11-25-22-10-9-21(24)15-20(22)17-28/h3-5,7-10,15,25H,6,11-14,16-18H2,1-2H3. The van der Waals surface area contributed by atoms with Crippen molar-refractivity contribution in [2.75, 3.05) is 52.1 Å². The van der Waals surface area contributed by atoms with E-state index in [4.69, 9.17) is 0 Å². The molecule has 0 radical (unpaired) electrons. The summed E-state index contributed by atoms with van der Waals surface area (Å²) >= 11 is 3.58. The third kappa shape index (κ3) is 6.84. The molecular formula is C23H31BrN4O. The summed E-state index contributed by atoms with van der Waals surface area (Å²) in [6, 6.07) is 16.9. The highest BCUT2D eigenvalue weighted by atomic mass is 79.9. The molecule has 1 aliphatic rings. The second-order valence-corrected chi connectivity index (χ2v) is 8.81. The van der Waals surface area contributed by atoms with E-state index in [1.54, 1.807) is 0 Å². The molecule has 1 amide bonds. The summed E-state index contributed by atoms with van der Waals surface area (Å²) in [6.45, 7) is 5.48. The average Bonchev–Trinajstić information content (AvgIpc) is 2.72. The zero-order chi connectivity index (χ0) is 20.6. The Labute approximate surface area is 182 Å². The number of benzene rings is 2. The summed E-state index contributed by atoms with van der Waals surface area (Å²) in [5, 5.41) is 3.58. The van der Waals surface area contributed by atoms with Crippen LogP contribution in [-0.2, 0) is 17.9 Å². The number of nitrogens with zero attached hydrogens (tertiary/aromatic N) is 3. The van der Waals surface area contributed by atoms with E-state index in [0.29, 0.717) is 13.1 Å². The van der Waals surface area contributed by atoms with Crippen molar-refractivity contribution in [3.8, 4) is 0 Å². The lowest BCUT2D eigenvalue weighted by Crippen LogP contribution is -2.42. The first-order valence-electron chi connectivity index (χ1n) is 10.2.